The monoisotopic (exact) mass is 340 g/mol. The first-order valence-electron chi connectivity index (χ1n) is 7.24. The normalized spacial score (nSPS) is 25.1. The highest BCUT2D eigenvalue weighted by molar-refractivity contribution is 9.10. The second-order valence-corrected chi connectivity index (χ2v) is 6.51. The molecule has 110 valence electrons. The second kappa shape index (κ2) is 6.43. The minimum atomic E-state index is 0.392. The van der Waals surface area contributed by atoms with Crippen LogP contribution in [0.2, 0.25) is 0 Å². The summed E-state index contributed by atoms with van der Waals surface area (Å²) in [4.78, 5) is 4.98. The Morgan fingerprint density at radius 2 is 2.05 bits per heavy atom. The molecule has 20 heavy (non-hydrogen) atoms. The van der Waals surface area contributed by atoms with Gasteiger partial charge in [-0.25, -0.2) is 0 Å². The van der Waals surface area contributed by atoms with Crippen molar-refractivity contribution in [1.82, 2.24) is 9.80 Å². The summed E-state index contributed by atoms with van der Waals surface area (Å²) in [5, 5.41) is 9.94. The maximum absolute atomic E-state index is 9.94. The lowest BCUT2D eigenvalue weighted by Gasteiger charge is -2.32. The zero-order chi connectivity index (χ0) is 13.9. The number of phenols is 1. The molecule has 0 radical (unpaired) electrons. The van der Waals surface area contributed by atoms with E-state index in [1.807, 2.05) is 12.1 Å². The molecule has 5 heteroatoms. The molecule has 2 fully saturated rings. The van der Waals surface area contributed by atoms with E-state index < -0.39 is 0 Å². The molecule has 1 aromatic carbocycles. The number of phenolic OH excluding ortho intramolecular Hbond substituents is 1. The van der Waals surface area contributed by atoms with Gasteiger partial charge in [-0.15, -0.1) is 0 Å². The summed E-state index contributed by atoms with van der Waals surface area (Å²) in [5.74, 6) is 0.392. The zero-order valence-electron chi connectivity index (χ0n) is 11.6. The van der Waals surface area contributed by atoms with Gasteiger partial charge in [-0.05, 0) is 24.6 Å². The summed E-state index contributed by atoms with van der Waals surface area (Å²) >= 11 is 3.47. The Balaban J connectivity index is 1.58. The largest absolute Gasteiger partial charge is 0.508 e. The molecule has 2 aliphatic heterocycles. The molecule has 1 aromatic rings. The maximum atomic E-state index is 9.94. The van der Waals surface area contributed by atoms with Crippen LogP contribution in [0.3, 0.4) is 0 Å². The van der Waals surface area contributed by atoms with E-state index in [0.29, 0.717) is 11.8 Å². The van der Waals surface area contributed by atoms with Crippen LogP contribution in [-0.4, -0.2) is 60.3 Å². The smallest absolute Gasteiger partial charge is 0.120 e. The first-order valence-corrected chi connectivity index (χ1v) is 8.03. The fourth-order valence-electron chi connectivity index (χ4n) is 3.12. The van der Waals surface area contributed by atoms with Crippen molar-refractivity contribution in [3.05, 3.63) is 28.2 Å². The summed E-state index contributed by atoms with van der Waals surface area (Å²) in [6.07, 6.45) is 1.22. The molecule has 1 N–H and O–H groups in total. The van der Waals surface area contributed by atoms with Gasteiger partial charge in [0.15, 0.2) is 0 Å². The van der Waals surface area contributed by atoms with Gasteiger partial charge in [0.05, 0.1) is 13.2 Å². The van der Waals surface area contributed by atoms with E-state index in [2.05, 4.69) is 25.7 Å². The Kier molecular flexibility index (Phi) is 4.61. The van der Waals surface area contributed by atoms with Crippen molar-refractivity contribution in [3.8, 4) is 5.75 Å². The first kappa shape index (κ1) is 14.3. The molecule has 0 aromatic heterocycles. The number of halogens is 1. The molecule has 0 saturated carbocycles. The lowest BCUT2D eigenvalue weighted by Crippen LogP contribution is -2.44. The lowest BCUT2D eigenvalue weighted by molar-refractivity contribution is 0.0183. The van der Waals surface area contributed by atoms with E-state index in [-0.39, 0.29) is 0 Å². The molecule has 0 amide bonds. The Labute approximate surface area is 128 Å². The van der Waals surface area contributed by atoms with Crippen molar-refractivity contribution in [2.75, 3.05) is 39.4 Å². The number of ether oxygens (including phenoxy) is 1. The van der Waals surface area contributed by atoms with Gasteiger partial charge in [0.1, 0.15) is 5.75 Å². The topological polar surface area (TPSA) is 35.9 Å². The summed E-state index contributed by atoms with van der Waals surface area (Å²) in [6, 6.07) is 6.29. The van der Waals surface area contributed by atoms with Gasteiger partial charge in [-0.3, -0.25) is 9.80 Å². The van der Waals surface area contributed by atoms with E-state index in [9.17, 15) is 5.11 Å². The van der Waals surface area contributed by atoms with Crippen molar-refractivity contribution >= 4 is 15.9 Å². The molecular weight excluding hydrogens is 320 g/mol. The second-order valence-electron chi connectivity index (χ2n) is 5.60. The molecule has 1 unspecified atom stereocenters. The molecular formula is C15H21BrN2O2. The fraction of sp³-hybridized carbons (Fsp3) is 0.600. The van der Waals surface area contributed by atoms with E-state index in [0.717, 1.165) is 56.0 Å². The number of morpholine rings is 1. The summed E-state index contributed by atoms with van der Waals surface area (Å²) in [5.41, 5.74) is 1.00. The van der Waals surface area contributed by atoms with Crippen molar-refractivity contribution in [3.63, 3.8) is 0 Å². The third kappa shape index (κ3) is 3.34. The molecule has 0 aliphatic carbocycles. The molecule has 2 saturated heterocycles. The van der Waals surface area contributed by atoms with Gasteiger partial charge < -0.3 is 9.84 Å². The van der Waals surface area contributed by atoms with E-state index in [1.54, 1.807) is 6.07 Å². The fourth-order valence-corrected chi connectivity index (χ4v) is 3.53. The molecule has 0 spiro atoms. The predicted molar refractivity (Wildman–Crippen MR) is 81.9 cm³/mol. The first-order chi connectivity index (χ1) is 9.72. The Hall–Kier alpha value is -0.620. The number of nitrogens with zero attached hydrogens (tertiary/aromatic N) is 2. The number of benzene rings is 1. The average Bonchev–Trinajstić information content (AvgIpc) is 2.92. The lowest BCUT2D eigenvalue weighted by atomic mass is 10.2. The van der Waals surface area contributed by atoms with E-state index in [4.69, 9.17) is 4.74 Å². The highest BCUT2D eigenvalue weighted by Crippen LogP contribution is 2.25. The van der Waals surface area contributed by atoms with Crippen LogP contribution in [0.4, 0.5) is 0 Å². The van der Waals surface area contributed by atoms with Crippen molar-refractivity contribution in [2.45, 2.75) is 19.0 Å². The number of likely N-dealkylation sites (tertiary alicyclic amines) is 1. The van der Waals surface area contributed by atoms with Crippen LogP contribution in [0.15, 0.2) is 22.7 Å². The molecule has 3 rings (SSSR count). The average molecular weight is 341 g/mol. The quantitative estimate of drug-likeness (QED) is 0.913. The minimum Gasteiger partial charge on any atom is -0.508 e. The summed E-state index contributed by atoms with van der Waals surface area (Å²) in [7, 11) is 0. The Bertz CT molecular complexity index is 463. The van der Waals surface area contributed by atoms with Crippen LogP contribution in [0.5, 0.6) is 5.75 Å². The Morgan fingerprint density at radius 1 is 1.25 bits per heavy atom. The SMILES string of the molecule is Oc1ccc(Br)cc1CN1CCC(N2CCOCC2)C1. The number of hydrogen-bond donors (Lipinski definition) is 1. The summed E-state index contributed by atoms with van der Waals surface area (Å²) in [6.45, 7) is 6.86. The Morgan fingerprint density at radius 3 is 2.85 bits per heavy atom. The summed E-state index contributed by atoms with van der Waals surface area (Å²) < 4.78 is 6.44. The van der Waals surface area contributed by atoms with Crippen molar-refractivity contribution in [2.24, 2.45) is 0 Å². The molecule has 0 bridgehead atoms. The van der Waals surface area contributed by atoms with Crippen LogP contribution >= 0.6 is 15.9 Å². The molecule has 1 atom stereocenters. The third-order valence-corrected chi connectivity index (χ3v) is 4.74. The number of aromatic hydroxyl groups is 1. The van der Waals surface area contributed by atoms with Gasteiger partial charge in [0.25, 0.3) is 0 Å². The predicted octanol–water partition coefficient (Wildman–Crippen LogP) is 2.06. The molecule has 2 aliphatic rings. The zero-order valence-corrected chi connectivity index (χ0v) is 13.2. The van der Waals surface area contributed by atoms with Crippen LogP contribution < -0.4 is 0 Å². The third-order valence-electron chi connectivity index (χ3n) is 4.25. The highest BCUT2D eigenvalue weighted by atomic mass is 79.9. The molecule has 2 heterocycles. The van der Waals surface area contributed by atoms with Gasteiger partial charge >= 0.3 is 0 Å². The van der Waals surface area contributed by atoms with E-state index in [1.165, 1.54) is 6.42 Å². The van der Waals surface area contributed by atoms with Crippen LogP contribution in [0, 0.1) is 0 Å². The number of rotatable bonds is 3. The molecule has 4 nitrogen and oxygen atoms in total. The van der Waals surface area contributed by atoms with Crippen molar-refractivity contribution in [1.29, 1.82) is 0 Å². The maximum Gasteiger partial charge on any atom is 0.120 e. The van der Waals surface area contributed by atoms with E-state index >= 15 is 0 Å². The minimum absolute atomic E-state index is 0.392. The number of hydrogen-bond acceptors (Lipinski definition) is 4. The standard InChI is InChI=1S/C15H21BrN2O2/c16-13-1-2-15(19)12(9-13)10-17-4-3-14(11-17)18-5-7-20-8-6-18/h1-2,9,14,19H,3-8,10-11H2. The van der Waals surface area contributed by atoms with Gasteiger partial charge in [0, 0.05) is 48.8 Å². The highest BCUT2D eigenvalue weighted by Gasteiger charge is 2.28. The van der Waals surface area contributed by atoms with Gasteiger partial charge in [-0.2, -0.15) is 0 Å². The van der Waals surface area contributed by atoms with Crippen molar-refractivity contribution < 1.29 is 9.84 Å². The van der Waals surface area contributed by atoms with Crippen LogP contribution in [0.25, 0.3) is 0 Å². The van der Waals surface area contributed by atoms with Crippen LogP contribution in [-0.2, 0) is 11.3 Å². The van der Waals surface area contributed by atoms with Gasteiger partial charge in [0.2, 0.25) is 0 Å². The van der Waals surface area contributed by atoms with Gasteiger partial charge in [-0.1, -0.05) is 15.9 Å². The van der Waals surface area contributed by atoms with Crippen LogP contribution in [0.1, 0.15) is 12.0 Å².